The maximum atomic E-state index is 12.7. The predicted octanol–water partition coefficient (Wildman–Crippen LogP) is 2.15. The van der Waals surface area contributed by atoms with Gasteiger partial charge in [0.15, 0.2) is 0 Å². The van der Waals surface area contributed by atoms with E-state index in [2.05, 4.69) is 4.90 Å². The highest BCUT2D eigenvalue weighted by molar-refractivity contribution is 5.94. The first-order valence-electron chi connectivity index (χ1n) is 9.15. The molecule has 0 atom stereocenters. The lowest BCUT2D eigenvalue weighted by molar-refractivity contribution is 0.0614. The highest BCUT2D eigenvalue weighted by Crippen LogP contribution is 2.24. The van der Waals surface area contributed by atoms with Crippen molar-refractivity contribution in [1.82, 2.24) is 9.80 Å². The molecule has 132 valence electrons. The molecule has 24 heavy (non-hydrogen) atoms. The number of piperazine rings is 1. The van der Waals surface area contributed by atoms with Crippen molar-refractivity contribution in [3.05, 3.63) is 29.8 Å². The molecule has 1 aliphatic carbocycles. The van der Waals surface area contributed by atoms with E-state index < -0.39 is 0 Å². The highest BCUT2D eigenvalue weighted by Gasteiger charge is 2.22. The number of nitrogens with zero attached hydrogens (tertiary/aromatic N) is 2. The minimum absolute atomic E-state index is 0.0766. The number of ether oxygens (including phenoxy) is 1. The lowest BCUT2D eigenvalue weighted by Gasteiger charge is -2.34. The standard InChI is InChI=1S/C19H28N2O3/c22-14-13-20-9-11-21(12-10-20)19(23)16-5-4-8-18(15-16)24-17-6-2-1-3-7-17/h4-5,8,15,17,22H,1-3,6-7,9-14H2. The number of benzene rings is 1. The van der Waals surface area contributed by atoms with Crippen LogP contribution in [-0.2, 0) is 0 Å². The summed E-state index contributed by atoms with van der Waals surface area (Å²) in [6.45, 7) is 3.94. The minimum atomic E-state index is 0.0766. The Bertz CT molecular complexity index is 535. The third-order valence-electron chi connectivity index (χ3n) is 5.01. The molecule has 0 unspecified atom stereocenters. The van der Waals surface area contributed by atoms with Gasteiger partial charge >= 0.3 is 0 Å². The fourth-order valence-corrected chi connectivity index (χ4v) is 3.58. The van der Waals surface area contributed by atoms with Crippen LogP contribution in [0.2, 0.25) is 0 Å². The van der Waals surface area contributed by atoms with Gasteiger partial charge in [0.2, 0.25) is 0 Å². The van der Waals surface area contributed by atoms with Crippen LogP contribution >= 0.6 is 0 Å². The van der Waals surface area contributed by atoms with E-state index in [1.807, 2.05) is 29.2 Å². The van der Waals surface area contributed by atoms with Gasteiger partial charge in [-0.25, -0.2) is 0 Å². The Morgan fingerprint density at radius 3 is 2.58 bits per heavy atom. The monoisotopic (exact) mass is 332 g/mol. The van der Waals surface area contributed by atoms with Gasteiger partial charge in [0.05, 0.1) is 12.7 Å². The van der Waals surface area contributed by atoms with Crippen LogP contribution in [0, 0.1) is 0 Å². The number of rotatable bonds is 5. The van der Waals surface area contributed by atoms with Crippen molar-refractivity contribution >= 4 is 5.91 Å². The van der Waals surface area contributed by atoms with Crippen molar-refractivity contribution < 1.29 is 14.6 Å². The van der Waals surface area contributed by atoms with Crippen LogP contribution in [0.5, 0.6) is 5.75 Å². The fourth-order valence-electron chi connectivity index (χ4n) is 3.58. The van der Waals surface area contributed by atoms with Gasteiger partial charge in [0.25, 0.3) is 5.91 Å². The van der Waals surface area contributed by atoms with Crippen LogP contribution in [0.4, 0.5) is 0 Å². The summed E-state index contributed by atoms with van der Waals surface area (Å²) in [5, 5.41) is 9.00. The molecule has 0 bridgehead atoms. The molecule has 2 aliphatic rings. The molecule has 1 N–H and O–H groups in total. The molecule has 5 nitrogen and oxygen atoms in total. The number of carbonyl (C=O) groups excluding carboxylic acids is 1. The van der Waals surface area contributed by atoms with Crippen molar-refractivity contribution in [3.63, 3.8) is 0 Å². The van der Waals surface area contributed by atoms with Gasteiger partial charge in [-0.1, -0.05) is 12.5 Å². The first-order valence-corrected chi connectivity index (χ1v) is 9.15. The molecule has 1 amide bonds. The fraction of sp³-hybridized carbons (Fsp3) is 0.632. The molecule has 3 rings (SSSR count). The van der Waals surface area contributed by atoms with Gasteiger partial charge in [-0.05, 0) is 43.9 Å². The molecule has 1 aromatic carbocycles. The van der Waals surface area contributed by atoms with E-state index in [-0.39, 0.29) is 12.5 Å². The molecule has 0 radical (unpaired) electrons. The van der Waals surface area contributed by atoms with Crippen LogP contribution in [0.3, 0.4) is 0 Å². The van der Waals surface area contributed by atoms with Crippen LogP contribution < -0.4 is 4.74 Å². The molecule has 5 heteroatoms. The van der Waals surface area contributed by atoms with E-state index in [0.29, 0.717) is 31.3 Å². The normalized spacial score (nSPS) is 20.1. The summed E-state index contributed by atoms with van der Waals surface area (Å²) < 4.78 is 6.08. The summed E-state index contributed by atoms with van der Waals surface area (Å²) in [6, 6.07) is 7.62. The Morgan fingerprint density at radius 1 is 1.12 bits per heavy atom. The van der Waals surface area contributed by atoms with E-state index in [0.717, 1.165) is 31.7 Å². The first kappa shape index (κ1) is 17.2. The maximum absolute atomic E-state index is 12.7. The number of aliphatic hydroxyl groups excluding tert-OH is 1. The Labute approximate surface area is 144 Å². The molecular weight excluding hydrogens is 304 g/mol. The van der Waals surface area contributed by atoms with Crippen molar-refractivity contribution in [2.75, 3.05) is 39.3 Å². The number of amides is 1. The summed E-state index contributed by atoms with van der Waals surface area (Å²) in [5.41, 5.74) is 0.707. The van der Waals surface area contributed by atoms with Crippen LogP contribution in [-0.4, -0.2) is 66.2 Å². The van der Waals surface area contributed by atoms with Gasteiger partial charge < -0.3 is 14.7 Å². The molecule has 1 saturated heterocycles. The molecule has 0 aromatic heterocycles. The second kappa shape index (κ2) is 8.49. The third-order valence-corrected chi connectivity index (χ3v) is 5.01. The Hall–Kier alpha value is -1.59. The van der Waals surface area contributed by atoms with Gasteiger partial charge in [-0.15, -0.1) is 0 Å². The SMILES string of the molecule is O=C(c1cccc(OC2CCCCC2)c1)N1CCN(CCO)CC1. The van der Waals surface area contributed by atoms with Crippen molar-refractivity contribution in [1.29, 1.82) is 0 Å². The molecule has 1 aliphatic heterocycles. The molecule has 2 fully saturated rings. The number of hydrogen-bond donors (Lipinski definition) is 1. The molecule has 0 spiro atoms. The molecule has 1 saturated carbocycles. The van der Waals surface area contributed by atoms with Gasteiger partial charge in [0.1, 0.15) is 5.75 Å². The van der Waals surface area contributed by atoms with Crippen LogP contribution in [0.25, 0.3) is 0 Å². The van der Waals surface area contributed by atoms with E-state index in [9.17, 15) is 4.79 Å². The number of aliphatic hydroxyl groups is 1. The zero-order chi connectivity index (χ0) is 16.8. The predicted molar refractivity (Wildman–Crippen MR) is 93.4 cm³/mol. The molecule has 1 aromatic rings. The lowest BCUT2D eigenvalue weighted by Crippen LogP contribution is -2.49. The van der Waals surface area contributed by atoms with Crippen LogP contribution in [0.15, 0.2) is 24.3 Å². The largest absolute Gasteiger partial charge is 0.490 e. The topological polar surface area (TPSA) is 53.0 Å². The zero-order valence-corrected chi connectivity index (χ0v) is 14.3. The van der Waals surface area contributed by atoms with E-state index in [1.165, 1.54) is 19.3 Å². The van der Waals surface area contributed by atoms with E-state index in [4.69, 9.17) is 9.84 Å². The molecular formula is C19H28N2O3. The van der Waals surface area contributed by atoms with Gasteiger partial charge in [-0.3, -0.25) is 9.69 Å². The minimum Gasteiger partial charge on any atom is -0.490 e. The summed E-state index contributed by atoms with van der Waals surface area (Å²) in [4.78, 5) is 16.8. The molecule has 1 heterocycles. The average molecular weight is 332 g/mol. The first-order chi connectivity index (χ1) is 11.8. The van der Waals surface area contributed by atoms with E-state index in [1.54, 1.807) is 0 Å². The number of β-amino-alcohol motifs (C(OH)–C–C–N with tert-alkyl or cyclic N) is 1. The second-order valence-corrected chi connectivity index (χ2v) is 6.76. The zero-order valence-electron chi connectivity index (χ0n) is 14.3. The van der Waals surface area contributed by atoms with Crippen LogP contribution in [0.1, 0.15) is 42.5 Å². The number of hydrogen-bond acceptors (Lipinski definition) is 4. The summed E-state index contributed by atoms with van der Waals surface area (Å²) in [6.07, 6.45) is 6.31. The van der Waals surface area contributed by atoms with Gasteiger partial charge in [-0.2, -0.15) is 0 Å². The maximum Gasteiger partial charge on any atom is 0.254 e. The van der Waals surface area contributed by atoms with Crippen molar-refractivity contribution in [2.24, 2.45) is 0 Å². The second-order valence-electron chi connectivity index (χ2n) is 6.76. The third kappa shape index (κ3) is 4.48. The van der Waals surface area contributed by atoms with Gasteiger partial charge in [0, 0.05) is 38.3 Å². The lowest BCUT2D eigenvalue weighted by atomic mass is 9.98. The average Bonchev–Trinajstić information content (AvgIpc) is 2.63. The Morgan fingerprint density at radius 2 is 1.88 bits per heavy atom. The Balaban J connectivity index is 1.58. The van der Waals surface area contributed by atoms with Crippen molar-refractivity contribution in [2.45, 2.75) is 38.2 Å². The summed E-state index contributed by atoms with van der Waals surface area (Å²) in [5.74, 6) is 0.888. The number of carbonyl (C=O) groups is 1. The van der Waals surface area contributed by atoms with Crippen molar-refractivity contribution in [3.8, 4) is 5.75 Å². The summed E-state index contributed by atoms with van der Waals surface area (Å²) in [7, 11) is 0. The smallest absolute Gasteiger partial charge is 0.254 e. The highest BCUT2D eigenvalue weighted by atomic mass is 16.5. The Kier molecular flexibility index (Phi) is 6.10. The summed E-state index contributed by atoms with van der Waals surface area (Å²) >= 11 is 0. The van der Waals surface area contributed by atoms with E-state index >= 15 is 0 Å². The quantitative estimate of drug-likeness (QED) is 0.898.